The molecule has 0 bridgehead atoms. The SMILES string of the molecule is Cc1cc2n(C)c(=O)ccn2c1C=O. The van der Waals surface area contributed by atoms with E-state index in [4.69, 9.17) is 0 Å². The Balaban J connectivity index is 3.01. The van der Waals surface area contributed by atoms with E-state index in [0.29, 0.717) is 5.69 Å². The van der Waals surface area contributed by atoms with E-state index in [1.54, 1.807) is 17.6 Å². The van der Waals surface area contributed by atoms with E-state index in [1.807, 2.05) is 13.0 Å². The third kappa shape index (κ3) is 1.00. The van der Waals surface area contributed by atoms with E-state index in [2.05, 4.69) is 0 Å². The smallest absolute Gasteiger partial charge is 0.253 e. The normalized spacial score (nSPS) is 10.7. The van der Waals surface area contributed by atoms with Crippen molar-refractivity contribution in [3.63, 3.8) is 0 Å². The first-order valence-corrected chi connectivity index (χ1v) is 4.28. The molecular weight excluding hydrogens is 180 g/mol. The zero-order valence-corrected chi connectivity index (χ0v) is 8.02. The Labute approximate surface area is 80.4 Å². The molecule has 0 saturated carbocycles. The zero-order chi connectivity index (χ0) is 10.3. The summed E-state index contributed by atoms with van der Waals surface area (Å²) in [6.07, 6.45) is 2.42. The molecular formula is C10H10N2O2. The molecule has 0 saturated heterocycles. The number of carbonyl (C=O) groups excluding carboxylic acids is 1. The van der Waals surface area contributed by atoms with Crippen LogP contribution in [0.4, 0.5) is 0 Å². The minimum atomic E-state index is -0.0764. The summed E-state index contributed by atoms with van der Waals surface area (Å²) in [6, 6.07) is 3.27. The van der Waals surface area contributed by atoms with Gasteiger partial charge in [0.05, 0.1) is 5.69 Å². The van der Waals surface area contributed by atoms with Crippen molar-refractivity contribution in [1.29, 1.82) is 0 Å². The van der Waals surface area contributed by atoms with Crippen LogP contribution in [0.3, 0.4) is 0 Å². The van der Waals surface area contributed by atoms with Crippen molar-refractivity contribution in [2.24, 2.45) is 7.05 Å². The van der Waals surface area contributed by atoms with Gasteiger partial charge in [0.25, 0.3) is 5.56 Å². The lowest BCUT2D eigenvalue weighted by atomic mass is 10.3. The fourth-order valence-corrected chi connectivity index (χ4v) is 1.58. The van der Waals surface area contributed by atoms with Gasteiger partial charge in [0.15, 0.2) is 6.29 Å². The predicted molar refractivity (Wildman–Crippen MR) is 52.8 cm³/mol. The first kappa shape index (κ1) is 8.74. The van der Waals surface area contributed by atoms with Crippen molar-refractivity contribution >= 4 is 11.9 Å². The number of aromatic nitrogens is 2. The minimum absolute atomic E-state index is 0.0764. The molecule has 0 fully saturated rings. The summed E-state index contributed by atoms with van der Waals surface area (Å²) in [5, 5.41) is 0. The lowest BCUT2D eigenvalue weighted by Gasteiger charge is -2.01. The third-order valence-electron chi connectivity index (χ3n) is 2.41. The van der Waals surface area contributed by atoms with E-state index in [-0.39, 0.29) is 5.56 Å². The standard InChI is InChI=1S/C10H10N2O2/c1-7-5-9-11(2)10(14)3-4-12(9)8(7)6-13/h3-6H,1-2H3. The van der Waals surface area contributed by atoms with Gasteiger partial charge >= 0.3 is 0 Å². The number of carbonyl (C=O) groups is 1. The van der Waals surface area contributed by atoms with Crippen molar-refractivity contribution in [2.45, 2.75) is 6.92 Å². The summed E-state index contributed by atoms with van der Waals surface area (Å²) in [5.41, 5.74) is 2.13. The molecule has 0 spiro atoms. The van der Waals surface area contributed by atoms with Crippen molar-refractivity contribution in [3.8, 4) is 0 Å². The van der Waals surface area contributed by atoms with Gasteiger partial charge in [0.1, 0.15) is 5.65 Å². The second-order valence-electron chi connectivity index (χ2n) is 3.27. The largest absolute Gasteiger partial charge is 0.299 e. The van der Waals surface area contributed by atoms with Crippen molar-refractivity contribution in [3.05, 3.63) is 39.9 Å². The second-order valence-corrected chi connectivity index (χ2v) is 3.27. The second kappa shape index (κ2) is 2.83. The number of rotatable bonds is 1. The van der Waals surface area contributed by atoms with Gasteiger partial charge in [-0.25, -0.2) is 0 Å². The Morgan fingerprint density at radius 1 is 1.43 bits per heavy atom. The highest BCUT2D eigenvalue weighted by molar-refractivity contribution is 5.77. The van der Waals surface area contributed by atoms with Crippen LogP contribution in [0.2, 0.25) is 0 Å². The number of aryl methyl sites for hydroxylation is 2. The molecule has 2 aromatic heterocycles. The highest BCUT2D eigenvalue weighted by atomic mass is 16.1. The molecule has 0 aliphatic heterocycles. The number of fused-ring (bicyclic) bond motifs is 1. The molecule has 0 N–H and O–H groups in total. The number of hydrogen-bond acceptors (Lipinski definition) is 2. The van der Waals surface area contributed by atoms with Gasteiger partial charge in [-0.1, -0.05) is 0 Å². The topological polar surface area (TPSA) is 43.5 Å². The molecule has 0 aliphatic rings. The van der Waals surface area contributed by atoms with E-state index in [0.717, 1.165) is 17.5 Å². The fourth-order valence-electron chi connectivity index (χ4n) is 1.58. The van der Waals surface area contributed by atoms with Gasteiger partial charge in [-0.2, -0.15) is 0 Å². The minimum Gasteiger partial charge on any atom is -0.299 e. The predicted octanol–water partition coefficient (Wildman–Crippen LogP) is 0.759. The van der Waals surface area contributed by atoms with Gasteiger partial charge < -0.3 is 0 Å². The van der Waals surface area contributed by atoms with Gasteiger partial charge in [0.2, 0.25) is 0 Å². The molecule has 4 nitrogen and oxygen atoms in total. The Hall–Kier alpha value is -1.84. The van der Waals surface area contributed by atoms with Gasteiger partial charge in [-0.3, -0.25) is 18.6 Å². The van der Waals surface area contributed by atoms with Crippen LogP contribution < -0.4 is 5.56 Å². The monoisotopic (exact) mass is 190 g/mol. The highest BCUT2D eigenvalue weighted by Crippen LogP contribution is 2.11. The summed E-state index contributed by atoms with van der Waals surface area (Å²) < 4.78 is 3.23. The number of hydrogen-bond donors (Lipinski definition) is 0. The maximum absolute atomic E-state index is 11.3. The lowest BCUT2D eigenvalue weighted by molar-refractivity contribution is 0.111. The van der Waals surface area contributed by atoms with Crippen LogP contribution in [-0.2, 0) is 7.05 Å². The molecule has 0 aliphatic carbocycles. The van der Waals surface area contributed by atoms with Crippen molar-refractivity contribution in [2.75, 3.05) is 0 Å². The van der Waals surface area contributed by atoms with Crippen molar-refractivity contribution in [1.82, 2.24) is 8.97 Å². The number of aldehydes is 1. The zero-order valence-electron chi connectivity index (χ0n) is 8.02. The molecule has 0 radical (unpaired) electrons. The Morgan fingerprint density at radius 3 is 2.79 bits per heavy atom. The van der Waals surface area contributed by atoms with Gasteiger partial charge in [-0.05, 0) is 18.6 Å². The van der Waals surface area contributed by atoms with Crippen LogP contribution in [0.15, 0.2) is 23.1 Å². The van der Waals surface area contributed by atoms with Crippen LogP contribution in [0.5, 0.6) is 0 Å². The van der Waals surface area contributed by atoms with Crippen LogP contribution in [0, 0.1) is 6.92 Å². The lowest BCUT2D eigenvalue weighted by Crippen LogP contribution is -2.17. The van der Waals surface area contributed by atoms with E-state index >= 15 is 0 Å². The van der Waals surface area contributed by atoms with Crippen molar-refractivity contribution < 1.29 is 4.79 Å². The molecule has 0 unspecified atom stereocenters. The maximum atomic E-state index is 11.3. The van der Waals surface area contributed by atoms with E-state index in [9.17, 15) is 9.59 Å². The highest BCUT2D eigenvalue weighted by Gasteiger charge is 2.07. The van der Waals surface area contributed by atoms with Crippen LogP contribution >= 0.6 is 0 Å². The molecule has 0 amide bonds. The Bertz CT molecular complexity index is 563. The summed E-state index contributed by atoms with van der Waals surface area (Å²) in [4.78, 5) is 22.1. The molecule has 0 atom stereocenters. The Kier molecular flexibility index (Phi) is 1.77. The van der Waals surface area contributed by atoms with Gasteiger partial charge in [-0.15, -0.1) is 0 Å². The first-order chi connectivity index (χ1) is 6.65. The van der Waals surface area contributed by atoms with Crippen LogP contribution in [-0.4, -0.2) is 15.3 Å². The molecule has 72 valence electrons. The fraction of sp³-hybridized carbons (Fsp3) is 0.200. The summed E-state index contributed by atoms with van der Waals surface area (Å²) >= 11 is 0. The average Bonchev–Trinajstić information content (AvgIpc) is 2.49. The molecule has 4 heteroatoms. The van der Waals surface area contributed by atoms with Crippen LogP contribution in [0.25, 0.3) is 5.65 Å². The molecule has 2 heterocycles. The molecule has 0 aromatic carbocycles. The maximum Gasteiger partial charge on any atom is 0.253 e. The summed E-state index contributed by atoms with van der Waals surface area (Å²) in [5.74, 6) is 0. The average molecular weight is 190 g/mol. The van der Waals surface area contributed by atoms with E-state index < -0.39 is 0 Å². The Morgan fingerprint density at radius 2 is 2.14 bits per heavy atom. The summed E-state index contributed by atoms with van der Waals surface area (Å²) in [7, 11) is 1.69. The summed E-state index contributed by atoms with van der Waals surface area (Å²) in [6.45, 7) is 1.85. The molecule has 2 aromatic rings. The third-order valence-corrected chi connectivity index (χ3v) is 2.41. The quantitative estimate of drug-likeness (QED) is 0.623. The first-order valence-electron chi connectivity index (χ1n) is 4.28. The molecule has 14 heavy (non-hydrogen) atoms. The van der Waals surface area contributed by atoms with E-state index in [1.165, 1.54) is 10.6 Å². The van der Waals surface area contributed by atoms with Gasteiger partial charge in [0, 0.05) is 19.3 Å². The van der Waals surface area contributed by atoms with Crippen LogP contribution in [0.1, 0.15) is 16.1 Å². The molecule has 2 rings (SSSR count). The number of nitrogens with zero attached hydrogens (tertiary/aromatic N) is 2.